The number of benzene rings is 1. The summed E-state index contributed by atoms with van der Waals surface area (Å²) in [6, 6.07) is 3.42. The highest BCUT2D eigenvalue weighted by molar-refractivity contribution is 6.42. The van der Waals surface area contributed by atoms with Crippen molar-refractivity contribution in [1.82, 2.24) is 30.2 Å². The Hall–Kier alpha value is -3.03. The number of aliphatic imine (C=N–C) groups is 2. The smallest absolute Gasteiger partial charge is 0.329 e. The van der Waals surface area contributed by atoms with Gasteiger partial charge in [0.2, 0.25) is 11.9 Å². The van der Waals surface area contributed by atoms with Crippen molar-refractivity contribution in [3.05, 3.63) is 28.0 Å². The topological polar surface area (TPSA) is 109 Å². The van der Waals surface area contributed by atoms with Crippen molar-refractivity contribution in [3.8, 4) is 0 Å². The number of nitrogens with one attached hydrogen (secondary N) is 2. The van der Waals surface area contributed by atoms with Crippen LogP contribution < -0.4 is 5.32 Å². The zero-order valence-electron chi connectivity index (χ0n) is 18.9. The summed E-state index contributed by atoms with van der Waals surface area (Å²) in [6.45, 7) is 0.209. The molecular formula is C21H22Cl2F2N10O. The van der Waals surface area contributed by atoms with E-state index in [1.165, 1.54) is 0 Å². The second-order valence-corrected chi connectivity index (χ2v) is 9.53. The summed E-state index contributed by atoms with van der Waals surface area (Å²) < 4.78 is 31.8. The summed E-state index contributed by atoms with van der Waals surface area (Å²) in [5.41, 5.74) is 1.45. The van der Waals surface area contributed by atoms with Gasteiger partial charge in [-0.15, -0.1) is 0 Å². The van der Waals surface area contributed by atoms with E-state index in [-0.39, 0.29) is 24.9 Å². The van der Waals surface area contributed by atoms with E-state index in [9.17, 15) is 8.78 Å². The zero-order chi connectivity index (χ0) is 24.8. The van der Waals surface area contributed by atoms with Crippen LogP contribution >= 0.6 is 23.2 Å². The molecule has 3 atom stereocenters. The Morgan fingerprint density at radius 1 is 1.14 bits per heavy atom. The maximum Gasteiger partial charge on any atom is 0.329 e. The van der Waals surface area contributed by atoms with Gasteiger partial charge in [0.1, 0.15) is 12.4 Å². The third-order valence-corrected chi connectivity index (χ3v) is 7.16. The number of morpholine rings is 1. The molecule has 5 heterocycles. The first-order chi connectivity index (χ1) is 17.5. The van der Waals surface area contributed by atoms with Crippen LogP contribution in [0.25, 0.3) is 11.0 Å². The Morgan fingerprint density at radius 2 is 1.94 bits per heavy atom. The first kappa shape index (κ1) is 23.4. The normalized spacial score (nSPS) is 26.9. The lowest BCUT2D eigenvalue weighted by Gasteiger charge is -2.37. The van der Waals surface area contributed by atoms with Crippen molar-refractivity contribution in [1.29, 1.82) is 0 Å². The van der Waals surface area contributed by atoms with Gasteiger partial charge in [-0.2, -0.15) is 19.0 Å². The number of aromatic nitrogens is 2. The summed E-state index contributed by atoms with van der Waals surface area (Å²) in [5, 5.41) is 15.0. The summed E-state index contributed by atoms with van der Waals surface area (Å²) in [5.74, 6) is 1.28. The molecule has 2 N–H and O–H groups in total. The molecule has 4 aliphatic rings. The number of imidazole rings is 1. The highest BCUT2D eigenvalue weighted by atomic mass is 35.5. The largest absolute Gasteiger partial charge is 0.378 e. The van der Waals surface area contributed by atoms with Crippen molar-refractivity contribution >= 4 is 58.6 Å². The van der Waals surface area contributed by atoms with Crippen LogP contribution in [0, 0.1) is 11.8 Å². The standard InChI is InChI=1S/C21H22Cl2F2N10O/c22-13-5-15-16(6-14(13)23)30-17(29-15)9-26-20-32-21(33-1-3-36-4-2-33)31-18-12(8-28-35(18)20)11-7-27-34(10-11)19(24)25/h5-8,11-12,18-19H,1-4,9-10H2,(H,29,30)(H,26,31,32). The Kier molecular flexibility index (Phi) is 6.13. The second-order valence-electron chi connectivity index (χ2n) is 8.71. The SMILES string of the molecule is FC(F)N1CC(C2C=NN3C(=NCc4nc5cc(Cl)c(Cl)cc5[nH]4)NC(N4CCOCC4)=NC23)C=N1. The molecule has 2 aromatic rings. The summed E-state index contributed by atoms with van der Waals surface area (Å²) in [6.07, 6.45) is 2.86. The van der Waals surface area contributed by atoms with Crippen molar-refractivity contribution in [2.24, 2.45) is 32.0 Å². The van der Waals surface area contributed by atoms with Crippen LogP contribution in [-0.2, 0) is 11.3 Å². The van der Waals surface area contributed by atoms with E-state index in [2.05, 4.69) is 30.4 Å². The monoisotopic (exact) mass is 538 g/mol. The second kappa shape index (κ2) is 9.45. The van der Waals surface area contributed by atoms with E-state index in [1.807, 2.05) is 0 Å². The molecule has 6 rings (SSSR count). The molecule has 0 aliphatic carbocycles. The van der Waals surface area contributed by atoms with Crippen LogP contribution in [-0.4, -0.2) is 94.8 Å². The predicted molar refractivity (Wildman–Crippen MR) is 133 cm³/mol. The Labute approximate surface area is 214 Å². The Bertz CT molecular complexity index is 1240. The Morgan fingerprint density at radius 3 is 2.72 bits per heavy atom. The molecule has 190 valence electrons. The van der Waals surface area contributed by atoms with Gasteiger partial charge in [-0.25, -0.2) is 25.0 Å². The summed E-state index contributed by atoms with van der Waals surface area (Å²) >= 11 is 12.2. The minimum absolute atomic E-state index is 0.102. The molecule has 0 saturated carbocycles. The van der Waals surface area contributed by atoms with E-state index in [0.717, 1.165) is 10.5 Å². The van der Waals surface area contributed by atoms with Crippen molar-refractivity contribution in [2.45, 2.75) is 19.3 Å². The van der Waals surface area contributed by atoms with E-state index < -0.39 is 12.7 Å². The molecule has 11 nitrogen and oxygen atoms in total. The number of hydrogen-bond acceptors (Lipinski definition) is 8. The van der Waals surface area contributed by atoms with Crippen LogP contribution in [0.15, 0.2) is 32.3 Å². The van der Waals surface area contributed by atoms with Crippen molar-refractivity contribution in [3.63, 3.8) is 0 Å². The van der Waals surface area contributed by atoms with Gasteiger partial charge in [-0.05, 0) is 12.1 Å². The predicted octanol–water partition coefficient (Wildman–Crippen LogP) is 2.40. The number of alkyl halides is 2. The lowest BCUT2D eigenvalue weighted by Crippen LogP contribution is -2.58. The third-order valence-electron chi connectivity index (χ3n) is 6.44. The molecular weight excluding hydrogens is 517 g/mol. The van der Waals surface area contributed by atoms with E-state index in [4.69, 9.17) is 37.9 Å². The van der Waals surface area contributed by atoms with Gasteiger partial charge in [0.25, 0.3) is 0 Å². The van der Waals surface area contributed by atoms with Crippen molar-refractivity contribution < 1.29 is 13.5 Å². The van der Waals surface area contributed by atoms with Crippen LogP contribution in [0.2, 0.25) is 10.0 Å². The molecule has 3 unspecified atom stereocenters. The third kappa shape index (κ3) is 4.35. The number of hydrogen-bond donors (Lipinski definition) is 2. The van der Waals surface area contributed by atoms with Crippen LogP contribution in [0.5, 0.6) is 0 Å². The lowest BCUT2D eigenvalue weighted by molar-refractivity contribution is -0.0240. The van der Waals surface area contributed by atoms with Gasteiger partial charge in [-0.1, -0.05) is 23.2 Å². The number of hydrazone groups is 2. The number of halogens is 4. The van der Waals surface area contributed by atoms with Gasteiger partial charge in [0, 0.05) is 37.4 Å². The van der Waals surface area contributed by atoms with E-state index in [0.29, 0.717) is 59.6 Å². The molecule has 0 radical (unpaired) electrons. The molecule has 1 aromatic heterocycles. The van der Waals surface area contributed by atoms with Gasteiger partial charge in [0.15, 0.2) is 6.17 Å². The van der Waals surface area contributed by atoms with Crippen LogP contribution in [0.1, 0.15) is 5.82 Å². The van der Waals surface area contributed by atoms with Gasteiger partial charge >= 0.3 is 6.55 Å². The number of nitrogens with zero attached hydrogens (tertiary/aromatic N) is 8. The average Bonchev–Trinajstić information content (AvgIpc) is 3.61. The van der Waals surface area contributed by atoms with Crippen LogP contribution in [0.3, 0.4) is 0 Å². The van der Waals surface area contributed by atoms with Crippen LogP contribution in [0.4, 0.5) is 8.78 Å². The minimum atomic E-state index is -2.65. The molecule has 1 fully saturated rings. The zero-order valence-corrected chi connectivity index (χ0v) is 20.4. The van der Waals surface area contributed by atoms with Gasteiger partial charge < -0.3 is 14.6 Å². The first-order valence-corrected chi connectivity index (χ1v) is 12.2. The first-order valence-electron chi connectivity index (χ1n) is 11.4. The summed E-state index contributed by atoms with van der Waals surface area (Å²) in [4.78, 5) is 19.5. The average molecular weight is 539 g/mol. The lowest BCUT2D eigenvalue weighted by atomic mass is 9.92. The number of fused-ring (bicyclic) bond motifs is 2. The molecule has 1 saturated heterocycles. The van der Waals surface area contributed by atoms with E-state index >= 15 is 0 Å². The minimum Gasteiger partial charge on any atom is -0.378 e. The number of aromatic amines is 1. The molecule has 0 amide bonds. The van der Waals surface area contributed by atoms with Gasteiger partial charge in [-0.3, -0.25) is 5.32 Å². The molecule has 0 bridgehead atoms. The van der Waals surface area contributed by atoms with E-state index in [1.54, 1.807) is 29.6 Å². The van der Waals surface area contributed by atoms with Gasteiger partial charge in [0.05, 0.1) is 40.8 Å². The van der Waals surface area contributed by atoms with Crippen molar-refractivity contribution in [2.75, 3.05) is 32.8 Å². The number of ether oxygens (including phenoxy) is 1. The number of H-pyrrole nitrogens is 1. The maximum atomic E-state index is 13.2. The maximum absolute atomic E-state index is 13.2. The molecule has 0 spiro atoms. The molecule has 4 aliphatic heterocycles. The molecule has 1 aromatic carbocycles. The summed E-state index contributed by atoms with van der Waals surface area (Å²) in [7, 11) is 0. The highest BCUT2D eigenvalue weighted by Gasteiger charge is 2.44. The number of guanidine groups is 2. The number of rotatable bonds is 4. The molecule has 36 heavy (non-hydrogen) atoms. The molecule has 15 heteroatoms. The fraction of sp³-hybridized carbons (Fsp3) is 0.476. The highest BCUT2D eigenvalue weighted by Crippen LogP contribution is 2.31. The fourth-order valence-corrected chi connectivity index (χ4v) is 4.91. The quantitative estimate of drug-likeness (QED) is 0.578. The Balaban J connectivity index is 1.27. The fourth-order valence-electron chi connectivity index (χ4n) is 4.59.